The second-order valence-electron chi connectivity index (χ2n) is 5.44. The van der Waals surface area contributed by atoms with Gasteiger partial charge in [0, 0.05) is 24.5 Å². The fraction of sp³-hybridized carbons (Fsp3) is 0.692. The third-order valence-electron chi connectivity index (χ3n) is 2.47. The van der Waals surface area contributed by atoms with Crippen molar-refractivity contribution in [3.63, 3.8) is 0 Å². The number of nitrogens with one attached hydrogen (secondary N) is 1. The molecule has 0 aliphatic rings. The van der Waals surface area contributed by atoms with Crippen LogP contribution in [-0.4, -0.2) is 16.5 Å². The van der Waals surface area contributed by atoms with Gasteiger partial charge in [0.1, 0.15) is 6.33 Å². The topological polar surface area (TPSA) is 37.8 Å². The predicted octanol–water partition coefficient (Wildman–Crippen LogP) is 3.20. The Morgan fingerprint density at radius 2 is 1.76 bits per heavy atom. The summed E-state index contributed by atoms with van der Waals surface area (Å²) in [6.07, 6.45) is 9.10. The molecule has 1 heterocycles. The molecule has 1 aromatic heterocycles. The first-order chi connectivity index (χ1) is 7.58. The lowest BCUT2D eigenvalue weighted by atomic mass is 9.90. The van der Waals surface area contributed by atoms with E-state index in [0.29, 0.717) is 5.41 Å². The molecule has 1 N–H and O–H groups in total. The highest BCUT2D eigenvalue weighted by atomic mass is 35.5. The zero-order chi connectivity index (χ0) is 11.9. The van der Waals surface area contributed by atoms with E-state index < -0.39 is 0 Å². The first-order valence-corrected chi connectivity index (χ1v) is 6.02. The average molecular weight is 258 g/mol. The monoisotopic (exact) mass is 257 g/mol. The Kier molecular flexibility index (Phi) is 8.09. The quantitative estimate of drug-likeness (QED) is 0.796. The second kappa shape index (κ2) is 8.43. The van der Waals surface area contributed by atoms with Crippen LogP contribution in [0.25, 0.3) is 0 Å². The van der Waals surface area contributed by atoms with E-state index in [1.807, 2.05) is 12.4 Å². The molecule has 0 bridgehead atoms. The van der Waals surface area contributed by atoms with Crippen LogP contribution in [0.4, 0.5) is 0 Å². The van der Waals surface area contributed by atoms with E-state index in [9.17, 15) is 0 Å². The van der Waals surface area contributed by atoms with Gasteiger partial charge < -0.3 is 5.32 Å². The van der Waals surface area contributed by atoms with Gasteiger partial charge >= 0.3 is 0 Å². The number of hydrogen-bond donors (Lipinski definition) is 1. The summed E-state index contributed by atoms with van der Waals surface area (Å²) in [7, 11) is 0. The van der Waals surface area contributed by atoms with Gasteiger partial charge in [0.2, 0.25) is 0 Å². The molecular formula is C13H24ClN3. The number of hydrogen-bond acceptors (Lipinski definition) is 3. The summed E-state index contributed by atoms with van der Waals surface area (Å²) >= 11 is 0. The molecule has 4 heteroatoms. The van der Waals surface area contributed by atoms with E-state index in [1.54, 1.807) is 6.33 Å². The Bertz CT molecular complexity index is 282. The first kappa shape index (κ1) is 16.3. The van der Waals surface area contributed by atoms with Crippen molar-refractivity contribution >= 4 is 12.4 Å². The summed E-state index contributed by atoms with van der Waals surface area (Å²) in [5, 5.41) is 3.41. The van der Waals surface area contributed by atoms with Crippen LogP contribution in [0.3, 0.4) is 0 Å². The van der Waals surface area contributed by atoms with Gasteiger partial charge in [0.15, 0.2) is 0 Å². The standard InChI is InChI=1S/C13H23N3.ClH/c1-13(2,3)6-4-5-7-14-8-12-9-15-11-16-10-12;/h9-11,14H,4-8H2,1-3H3;1H. The van der Waals surface area contributed by atoms with Crippen LogP contribution in [0, 0.1) is 5.41 Å². The molecule has 0 unspecified atom stereocenters. The van der Waals surface area contributed by atoms with Crippen LogP contribution in [0.5, 0.6) is 0 Å². The minimum atomic E-state index is 0. The van der Waals surface area contributed by atoms with Crippen molar-refractivity contribution in [1.29, 1.82) is 0 Å². The lowest BCUT2D eigenvalue weighted by Crippen LogP contribution is -2.15. The minimum Gasteiger partial charge on any atom is -0.313 e. The van der Waals surface area contributed by atoms with Gasteiger partial charge in [0.25, 0.3) is 0 Å². The molecule has 0 radical (unpaired) electrons. The van der Waals surface area contributed by atoms with Crippen LogP contribution >= 0.6 is 12.4 Å². The molecule has 1 rings (SSSR count). The molecule has 0 aromatic carbocycles. The third kappa shape index (κ3) is 9.07. The molecular weight excluding hydrogens is 234 g/mol. The number of halogens is 1. The molecule has 0 aliphatic carbocycles. The molecule has 98 valence electrons. The van der Waals surface area contributed by atoms with Crippen LogP contribution in [-0.2, 0) is 6.54 Å². The van der Waals surface area contributed by atoms with E-state index in [0.717, 1.165) is 18.7 Å². The Labute approximate surface area is 111 Å². The molecule has 17 heavy (non-hydrogen) atoms. The molecule has 0 saturated carbocycles. The highest BCUT2D eigenvalue weighted by Gasteiger charge is 2.08. The van der Waals surface area contributed by atoms with E-state index in [1.165, 1.54) is 19.3 Å². The van der Waals surface area contributed by atoms with Gasteiger partial charge in [0.05, 0.1) is 0 Å². The fourth-order valence-electron chi connectivity index (χ4n) is 1.56. The maximum Gasteiger partial charge on any atom is 0.115 e. The molecule has 0 fully saturated rings. The maximum absolute atomic E-state index is 3.98. The van der Waals surface area contributed by atoms with Crippen molar-refractivity contribution in [2.24, 2.45) is 5.41 Å². The zero-order valence-corrected chi connectivity index (χ0v) is 11.9. The summed E-state index contributed by atoms with van der Waals surface area (Å²) in [4.78, 5) is 7.96. The van der Waals surface area contributed by atoms with Crippen molar-refractivity contribution in [2.45, 2.75) is 46.6 Å². The van der Waals surface area contributed by atoms with Crippen molar-refractivity contribution in [1.82, 2.24) is 15.3 Å². The molecule has 0 amide bonds. The first-order valence-electron chi connectivity index (χ1n) is 6.02. The summed E-state index contributed by atoms with van der Waals surface area (Å²) < 4.78 is 0. The smallest absolute Gasteiger partial charge is 0.115 e. The van der Waals surface area contributed by atoms with Crippen LogP contribution < -0.4 is 5.32 Å². The number of aromatic nitrogens is 2. The Hall–Kier alpha value is -0.670. The van der Waals surface area contributed by atoms with Crippen molar-refractivity contribution in [2.75, 3.05) is 6.54 Å². The van der Waals surface area contributed by atoms with E-state index in [4.69, 9.17) is 0 Å². The van der Waals surface area contributed by atoms with E-state index in [-0.39, 0.29) is 12.4 Å². The summed E-state index contributed by atoms with van der Waals surface area (Å²) in [5.41, 5.74) is 1.62. The predicted molar refractivity (Wildman–Crippen MR) is 74.3 cm³/mol. The van der Waals surface area contributed by atoms with Gasteiger partial charge in [-0.3, -0.25) is 0 Å². The van der Waals surface area contributed by atoms with Crippen LogP contribution in [0.2, 0.25) is 0 Å². The Morgan fingerprint density at radius 3 is 2.35 bits per heavy atom. The summed E-state index contributed by atoms with van der Waals surface area (Å²) in [6, 6.07) is 0. The number of unbranched alkanes of at least 4 members (excludes halogenated alkanes) is 1. The number of nitrogens with zero attached hydrogens (tertiary/aromatic N) is 2. The summed E-state index contributed by atoms with van der Waals surface area (Å²) in [5.74, 6) is 0. The lowest BCUT2D eigenvalue weighted by molar-refractivity contribution is 0.358. The number of rotatable bonds is 6. The third-order valence-corrected chi connectivity index (χ3v) is 2.47. The molecule has 0 atom stereocenters. The van der Waals surface area contributed by atoms with E-state index >= 15 is 0 Å². The Balaban J connectivity index is 0.00000256. The Morgan fingerprint density at radius 1 is 1.12 bits per heavy atom. The van der Waals surface area contributed by atoms with Gasteiger partial charge in [-0.1, -0.05) is 27.2 Å². The zero-order valence-electron chi connectivity index (χ0n) is 11.1. The summed E-state index contributed by atoms with van der Waals surface area (Å²) in [6.45, 7) is 8.83. The largest absolute Gasteiger partial charge is 0.313 e. The van der Waals surface area contributed by atoms with E-state index in [2.05, 4.69) is 36.1 Å². The highest BCUT2D eigenvalue weighted by molar-refractivity contribution is 5.85. The van der Waals surface area contributed by atoms with Crippen molar-refractivity contribution in [3.05, 3.63) is 24.3 Å². The SMILES string of the molecule is CC(C)(C)CCCCNCc1cncnc1.Cl. The minimum absolute atomic E-state index is 0. The van der Waals surface area contributed by atoms with Crippen LogP contribution in [0.1, 0.15) is 45.6 Å². The second-order valence-corrected chi connectivity index (χ2v) is 5.44. The average Bonchev–Trinajstić information content (AvgIpc) is 2.23. The molecule has 0 saturated heterocycles. The van der Waals surface area contributed by atoms with Gasteiger partial charge in [-0.05, 0) is 24.8 Å². The fourth-order valence-corrected chi connectivity index (χ4v) is 1.56. The molecule has 0 spiro atoms. The lowest BCUT2D eigenvalue weighted by Gasteiger charge is -2.17. The van der Waals surface area contributed by atoms with Crippen molar-refractivity contribution in [3.8, 4) is 0 Å². The van der Waals surface area contributed by atoms with Crippen LogP contribution in [0.15, 0.2) is 18.7 Å². The van der Waals surface area contributed by atoms with Gasteiger partial charge in [-0.2, -0.15) is 0 Å². The van der Waals surface area contributed by atoms with Crippen molar-refractivity contribution < 1.29 is 0 Å². The van der Waals surface area contributed by atoms with Gasteiger partial charge in [-0.25, -0.2) is 9.97 Å². The molecule has 0 aliphatic heterocycles. The molecule has 1 aromatic rings. The normalized spacial score (nSPS) is 11.0. The van der Waals surface area contributed by atoms with Gasteiger partial charge in [-0.15, -0.1) is 12.4 Å². The highest BCUT2D eigenvalue weighted by Crippen LogP contribution is 2.21. The maximum atomic E-state index is 3.98. The molecule has 3 nitrogen and oxygen atoms in total.